The van der Waals surface area contributed by atoms with Gasteiger partial charge in [-0.3, -0.25) is 0 Å². The Labute approximate surface area is 135 Å². The van der Waals surface area contributed by atoms with Gasteiger partial charge >= 0.3 is 12.1 Å². The number of hydrogen-bond donors (Lipinski definition) is 0. The van der Waals surface area contributed by atoms with E-state index in [4.69, 9.17) is 9.47 Å². The number of nitrogens with zero attached hydrogens (tertiary/aromatic N) is 2. The third-order valence-electron chi connectivity index (χ3n) is 3.22. The van der Waals surface area contributed by atoms with Crippen LogP contribution in [0.25, 0.3) is 5.69 Å². The van der Waals surface area contributed by atoms with Crippen LogP contribution >= 0.6 is 0 Å². The molecule has 122 valence electrons. The first-order valence-electron chi connectivity index (χ1n) is 7.40. The number of esters is 1. The number of aromatic nitrogens is 1. The lowest BCUT2D eigenvalue weighted by atomic mass is 10.2. The molecule has 6 heteroatoms. The molecule has 1 aromatic carbocycles. The molecule has 2 aromatic rings. The van der Waals surface area contributed by atoms with Gasteiger partial charge in [-0.05, 0) is 37.3 Å². The van der Waals surface area contributed by atoms with Crippen molar-refractivity contribution in [1.29, 1.82) is 0 Å². The molecule has 0 unspecified atom stereocenters. The fourth-order valence-electron chi connectivity index (χ4n) is 1.98. The summed E-state index contributed by atoms with van der Waals surface area (Å²) in [5, 5.41) is 0. The van der Waals surface area contributed by atoms with Crippen molar-refractivity contribution in [1.82, 2.24) is 9.47 Å². The third kappa shape index (κ3) is 4.60. The summed E-state index contributed by atoms with van der Waals surface area (Å²) in [5.41, 5.74) is 1.35. The molecular weight excluding hydrogens is 296 g/mol. The largest absolute Gasteiger partial charge is 0.460 e. The van der Waals surface area contributed by atoms with Gasteiger partial charge in [0, 0.05) is 25.1 Å². The highest BCUT2D eigenvalue weighted by Gasteiger charge is 2.12. The molecular formula is C17H20N2O4. The van der Waals surface area contributed by atoms with Crippen LogP contribution in [-0.4, -0.2) is 48.3 Å². The van der Waals surface area contributed by atoms with E-state index in [1.165, 1.54) is 4.90 Å². The Bertz CT molecular complexity index is 652. The van der Waals surface area contributed by atoms with Crippen LogP contribution in [0.3, 0.4) is 0 Å². The second-order valence-corrected chi connectivity index (χ2v) is 4.90. The number of amides is 1. The Kier molecular flexibility index (Phi) is 5.80. The van der Waals surface area contributed by atoms with E-state index in [2.05, 4.69) is 0 Å². The average Bonchev–Trinajstić information content (AvgIpc) is 3.09. The Morgan fingerprint density at radius 2 is 1.87 bits per heavy atom. The summed E-state index contributed by atoms with van der Waals surface area (Å²) >= 11 is 0. The zero-order chi connectivity index (χ0) is 16.7. The lowest BCUT2D eigenvalue weighted by Gasteiger charge is -2.16. The second kappa shape index (κ2) is 8.03. The minimum absolute atomic E-state index is 0.113. The van der Waals surface area contributed by atoms with Gasteiger partial charge in [0.05, 0.1) is 18.7 Å². The molecule has 0 fully saturated rings. The second-order valence-electron chi connectivity index (χ2n) is 4.90. The number of carbonyl (C=O) groups is 2. The molecule has 2 rings (SSSR count). The summed E-state index contributed by atoms with van der Waals surface area (Å²) in [6.45, 7) is 2.45. The predicted molar refractivity (Wildman–Crippen MR) is 85.7 cm³/mol. The summed E-state index contributed by atoms with van der Waals surface area (Å²) in [4.78, 5) is 24.9. The molecule has 23 heavy (non-hydrogen) atoms. The smallest absolute Gasteiger partial charge is 0.409 e. The van der Waals surface area contributed by atoms with E-state index < -0.39 is 12.1 Å². The Balaban J connectivity index is 1.89. The van der Waals surface area contributed by atoms with Gasteiger partial charge in [0.2, 0.25) is 0 Å². The number of benzene rings is 1. The topological polar surface area (TPSA) is 60.8 Å². The number of hydrogen-bond acceptors (Lipinski definition) is 4. The average molecular weight is 316 g/mol. The van der Waals surface area contributed by atoms with E-state index in [1.807, 2.05) is 35.2 Å². The molecule has 0 saturated carbocycles. The van der Waals surface area contributed by atoms with Gasteiger partial charge < -0.3 is 18.9 Å². The summed E-state index contributed by atoms with van der Waals surface area (Å²) in [6, 6.07) is 11.0. The van der Waals surface area contributed by atoms with Gasteiger partial charge in [0.15, 0.2) is 0 Å². The zero-order valence-corrected chi connectivity index (χ0v) is 13.3. The van der Waals surface area contributed by atoms with Crippen molar-refractivity contribution in [3.8, 4) is 5.69 Å². The van der Waals surface area contributed by atoms with E-state index in [0.717, 1.165) is 5.69 Å². The van der Waals surface area contributed by atoms with E-state index >= 15 is 0 Å². The normalized spacial score (nSPS) is 10.2. The van der Waals surface area contributed by atoms with Gasteiger partial charge in [0.1, 0.15) is 6.61 Å². The van der Waals surface area contributed by atoms with Crippen molar-refractivity contribution < 1.29 is 19.1 Å². The van der Waals surface area contributed by atoms with Crippen molar-refractivity contribution in [2.45, 2.75) is 6.92 Å². The molecule has 0 saturated heterocycles. The zero-order valence-electron chi connectivity index (χ0n) is 13.3. The maximum atomic E-state index is 12.1. The number of carbonyl (C=O) groups excluding carboxylic acids is 2. The third-order valence-corrected chi connectivity index (χ3v) is 3.22. The van der Waals surface area contributed by atoms with Crippen molar-refractivity contribution >= 4 is 12.1 Å². The van der Waals surface area contributed by atoms with E-state index in [-0.39, 0.29) is 13.2 Å². The van der Waals surface area contributed by atoms with Gasteiger partial charge in [0.25, 0.3) is 0 Å². The van der Waals surface area contributed by atoms with Gasteiger partial charge in [-0.2, -0.15) is 0 Å². The Hall–Kier alpha value is -2.76. The van der Waals surface area contributed by atoms with Crippen molar-refractivity contribution in [2.75, 3.05) is 26.8 Å². The van der Waals surface area contributed by atoms with Crippen LogP contribution in [-0.2, 0) is 9.47 Å². The van der Waals surface area contributed by atoms with E-state index in [1.54, 1.807) is 32.2 Å². The van der Waals surface area contributed by atoms with Crippen molar-refractivity contribution in [2.24, 2.45) is 0 Å². The summed E-state index contributed by atoms with van der Waals surface area (Å²) in [5.74, 6) is -0.420. The number of likely N-dealkylation sites (N-methyl/N-ethyl adjacent to an activating group) is 1. The Morgan fingerprint density at radius 3 is 2.57 bits per heavy atom. The van der Waals surface area contributed by atoms with Crippen LogP contribution in [0.1, 0.15) is 17.3 Å². The molecule has 0 radical (unpaired) electrons. The van der Waals surface area contributed by atoms with Crippen LogP contribution in [0.15, 0.2) is 48.8 Å². The van der Waals surface area contributed by atoms with E-state index in [9.17, 15) is 9.59 Å². The number of ether oxygens (including phenoxy) is 2. The quantitative estimate of drug-likeness (QED) is 0.769. The first-order valence-corrected chi connectivity index (χ1v) is 7.40. The molecule has 0 N–H and O–H groups in total. The summed E-state index contributed by atoms with van der Waals surface area (Å²) in [6.07, 6.45) is 3.37. The van der Waals surface area contributed by atoms with E-state index in [0.29, 0.717) is 12.2 Å². The fraction of sp³-hybridized carbons (Fsp3) is 0.294. The number of rotatable bonds is 6. The highest BCUT2D eigenvalue weighted by molar-refractivity contribution is 5.90. The Morgan fingerprint density at radius 1 is 1.13 bits per heavy atom. The summed E-state index contributed by atoms with van der Waals surface area (Å²) < 4.78 is 12.0. The lowest BCUT2D eigenvalue weighted by molar-refractivity contribution is 0.0457. The summed E-state index contributed by atoms with van der Waals surface area (Å²) in [7, 11) is 1.60. The molecule has 0 spiro atoms. The molecule has 6 nitrogen and oxygen atoms in total. The maximum Gasteiger partial charge on any atom is 0.409 e. The van der Waals surface area contributed by atoms with Crippen LogP contribution in [0.5, 0.6) is 0 Å². The first-order chi connectivity index (χ1) is 11.1. The molecule has 0 aliphatic rings. The van der Waals surface area contributed by atoms with Crippen LogP contribution in [0, 0.1) is 0 Å². The molecule has 0 aliphatic carbocycles. The fourth-order valence-corrected chi connectivity index (χ4v) is 1.98. The SMILES string of the molecule is CCOC(=O)N(C)CCOC(=O)c1cccc(-n2cccc2)c1. The van der Waals surface area contributed by atoms with Crippen molar-refractivity contribution in [3.63, 3.8) is 0 Å². The molecule has 0 aliphatic heterocycles. The van der Waals surface area contributed by atoms with Crippen molar-refractivity contribution in [3.05, 3.63) is 54.4 Å². The lowest BCUT2D eigenvalue weighted by Crippen LogP contribution is -2.31. The maximum absolute atomic E-state index is 12.1. The molecule has 1 amide bonds. The van der Waals surface area contributed by atoms with Crippen LogP contribution in [0.4, 0.5) is 4.79 Å². The van der Waals surface area contributed by atoms with Gasteiger partial charge in [-0.15, -0.1) is 0 Å². The standard InChI is InChI=1S/C17H20N2O4/c1-3-22-17(21)18(2)11-12-23-16(20)14-7-6-8-15(13-14)19-9-4-5-10-19/h4-10,13H,3,11-12H2,1-2H3. The first kappa shape index (κ1) is 16.6. The van der Waals surface area contributed by atoms with Crippen LogP contribution < -0.4 is 0 Å². The molecule has 1 aromatic heterocycles. The highest BCUT2D eigenvalue weighted by atomic mass is 16.6. The minimum atomic E-state index is -0.432. The monoisotopic (exact) mass is 316 g/mol. The van der Waals surface area contributed by atoms with Gasteiger partial charge in [-0.25, -0.2) is 9.59 Å². The van der Waals surface area contributed by atoms with Gasteiger partial charge in [-0.1, -0.05) is 6.07 Å². The predicted octanol–water partition coefficient (Wildman–Crippen LogP) is 2.72. The molecule has 0 atom stereocenters. The molecule has 0 bridgehead atoms. The van der Waals surface area contributed by atoms with Crippen LogP contribution in [0.2, 0.25) is 0 Å². The minimum Gasteiger partial charge on any atom is -0.460 e. The highest BCUT2D eigenvalue weighted by Crippen LogP contribution is 2.12. The molecule has 1 heterocycles.